The predicted octanol–water partition coefficient (Wildman–Crippen LogP) is 3.08. The molecule has 3 rings (SSSR count). The summed E-state index contributed by atoms with van der Waals surface area (Å²) in [5.74, 6) is 0.775. The second kappa shape index (κ2) is 4.92. The molecule has 3 saturated carbocycles. The minimum Gasteiger partial charge on any atom is -0.350 e. The molecule has 0 aromatic rings. The molecule has 0 spiro atoms. The van der Waals surface area contributed by atoms with Gasteiger partial charge in [-0.25, -0.2) is 0 Å². The first kappa shape index (κ1) is 14.5. The molecule has 3 aliphatic carbocycles. The van der Waals surface area contributed by atoms with Gasteiger partial charge in [-0.2, -0.15) is 0 Å². The van der Waals surface area contributed by atoms with Gasteiger partial charge in [-0.15, -0.1) is 0 Å². The van der Waals surface area contributed by atoms with E-state index in [1.54, 1.807) is 0 Å². The number of hydrogen-bond acceptors (Lipinski definition) is 2. The SMILES string of the molecule is CC(C)C(=O)NC12CCC(C(=O)C(C)C)(CC1)CC2. The largest absolute Gasteiger partial charge is 0.350 e. The van der Waals surface area contributed by atoms with Crippen LogP contribution in [0.2, 0.25) is 0 Å². The summed E-state index contributed by atoms with van der Waals surface area (Å²) in [6.07, 6.45) is 5.81. The van der Waals surface area contributed by atoms with E-state index in [9.17, 15) is 9.59 Å². The van der Waals surface area contributed by atoms with Crippen LogP contribution in [0.5, 0.6) is 0 Å². The molecule has 19 heavy (non-hydrogen) atoms. The van der Waals surface area contributed by atoms with Crippen LogP contribution in [0, 0.1) is 17.3 Å². The van der Waals surface area contributed by atoms with Gasteiger partial charge >= 0.3 is 0 Å². The van der Waals surface area contributed by atoms with E-state index in [4.69, 9.17) is 0 Å². The van der Waals surface area contributed by atoms with Crippen LogP contribution in [-0.2, 0) is 9.59 Å². The van der Waals surface area contributed by atoms with Crippen LogP contribution in [0.15, 0.2) is 0 Å². The summed E-state index contributed by atoms with van der Waals surface area (Å²) in [6.45, 7) is 7.89. The Bertz CT molecular complexity index is 360. The third-order valence-electron chi connectivity index (χ3n) is 5.21. The maximum atomic E-state index is 12.4. The fraction of sp³-hybridized carbons (Fsp3) is 0.875. The van der Waals surface area contributed by atoms with Gasteiger partial charge < -0.3 is 5.32 Å². The number of fused-ring (bicyclic) bond motifs is 3. The number of rotatable bonds is 4. The Balaban J connectivity index is 2.05. The third kappa shape index (κ3) is 2.56. The van der Waals surface area contributed by atoms with Crippen LogP contribution in [0.3, 0.4) is 0 Å². The molecule has 0 atom stereocenters. The predicted molar refractivity (Wildman–Crippen MR) is 75.7 cm³/mol. The summed E-state index contributed by atoms with van der Waals surface area (Å²) >= 11 is 0. The monoisotopic (exact) mass is 265 g/mol. The van der Waals surface area contributed by atoms with Crippen molar-refractivity contribution in [1.82, 2.24) is 5.32 Å². The maximum Gasteiger partial charge on any atom is 0.222 e. The molecule has 2 bridgehead atoms. The zero-order valence-corrected chi connectivity index (χ0v) is 12.7. The lowest BCUT2D eigenvalue weighted by Gasteiger charge is -2.53. The van der Waals surface area contributed by atoms with Gasteiger partial charge in [-0.05, 0) is 38.5 Å². The molecule has 0 saturated heterocycles. The Labute approximate surface area is 116 Å². The van der Waals surface area contributed by atoms with E-state index in [-0.39, 0.29) is 28.7 Å². The van der Waals surface area contributed by atoms with Crippen molar-refractivity contribution in [3.8, 4) is 0 Å². The van der Waals surface area contributed by atoms with Crippen molar-refractivity contribution < 1.29 is 9.59 Å². The highest BCUT2D eigenvalue weighted by molar-refractivity contribution is 5.87. The van der Waals surface area contributed by atoms with Crippen molar-refractivity contribution in [2.24, 2.45) is 17.3 Å². The Morgan fingerprint density at radius 2 is 1.32 bits per heavy atom. The van der Waals surface area contributed by atoms with E-state index in [2.05, 4.69) is 5.32 Å². The van der Waals surface area contributed by atoms with E-state index >= 15 is 0 Å². The van der Waals surface area contributed by atoms with Crippen molar-refractivity contribution in [1.29, 1.82) is 0 Å². The highest BCUT2D eigenvalue weighted by Gasteiger charge is 2.52. The number of ketones is 1. The van der Waals surface area contributed by atoms with E-state index in [1.165, 1.54) is 0 Å². The van der Waals surface area contributed by atoms with Crippen LogP contribution >= 0.6 is 0 Å². The van der Waals surface area contributed by atoms with Crippen LogP contribution < -0.4 is 5.32 Å². The minimum absolute atomic E-state index is 0.0135. The van der Waals surface area contributed by atoms with Crippen LogP contribution in [0.25, 0.3) is 0 Å². The van der Waals surface area contributed by atoms with Crippen LogP contribution in [-0.4, -0.2) is 17.2 Å². The molecular weight excluding hydrogens is 238 g/mol. The lowest BCUT2D eigenvalue weighted by atomic mass is 9.54. The molecule has 3 aliphatic rings. The van der Waals surface area contributed by atoms with E-state index in [0.29, 0.717) is 5.78 Å². The molecule has 0 aromatic carbocycles. The first-order valence-corrected chi connectivity index (χ1v) is 7.67. The van der Waals surface area contributed by atoms with Gasteiger partial charge in [-0.1, -0.05) is 27.7 Å². The van der Waals surface area contributed by atoms with E-state index in [0.717, 1.165) is 38.5 Å². The summed E-state index contributed by atoms with van der Waals surface area (Å²) in [5, 5.41) is 3.25. The Morgan fingerprint density at radius 3 is 1.68 bits per heavy atom. The highest BCUT2D eigenvalue weighted by Crippen LogP contribution is 2.53. The van der Waals surface area contributed by atoms with E-state index in [1.807, 2.05) is 27.7 Å². The maximum absolute atomic E-state index is 12.4. The molecule has 0 heterocycles. The summed E-state index contributed by atoms with van der Waals surface area (Å²) in [4.78, 5) is 24.4. The smallest absolute Gasteiger partial charge is 0.222 e. The Kier molecular flexibility index (Phi) is 3.76. The third-order valence-corrected chi connectivity index (χ3v) is 5.21. The molecular formula is C16H27NO2. The molecule has 3 heteroatoms. The number of hydrogen-bond donors (Lipinski definition) is 1. The number of carbonyl (C=O) groups excluding carboxylic acids is 2. The second-order valence-corrected chi connectivity index (χ2v) is 7.22. The van der Waals surface area contributed by atoms with Gasteiger partial charge in [0, 0.05) is 22.8 Å². The van der Waals surface area contributed by atoms with Crippen molar-refractivity contribution in [3.05, 3.63) is 0 Å². The number of Topliss-reactive ketones (excluding diaryl/α,β-unsaturated/α-hetero) is 1. The minimum atomic E-state index is -0.0710. The fourth-order valence-electron chi connectivity index (χ4n) is 3.76. The molecule has 0 radical (unpaired) electrons. The summed E-state index contributed by atoms with van der Waals surface area (Å²) in [6, 6.07) is 0. The number of carbonyl (C=O) groups is 2. The van der Waals surface area contributed by atoms with Crippen LogP contribution in [0.1, 0.15) is 66.2 Å². The molecule has 0 unspecified atom stereocenters. The quantitative estimate of drug-likeness (QED) is 0.849. The first-order valence-electron chi connectivity index (χ1n) is 7.67. The zero-order chi connectivity index (χ0) is 14.3. The van der Waals surface area contributed by atoms with Crippen molar-refractivity contribution >= 4 is 11.7 Å². The zero-order valence-electron chi connectivity index (χ0n) is 12.7. The lowest BCUT2D eigenvalue weighted by molar-refractivity contribution is -0.140. The van der Waals surface area contributed by atoms with Gasteiger partial charge in [0.05, 0.1) is 0 Å². The highest BCUT2D eigenvalue weighted by atomic mass is 16.2. The van der Waals surface area contributed by atoms with Crippen molar-refractivity contribution in [2.75, 3.05) is 0 Å². The normalized spacial score (nSPS) is 33.8. The topological polar surface area (TPSA) is 46.2 Å². The summed E-state index contributed by atoms with van der Waals surface area (Å²) in [5.41, 5.74) is -0.0845. The molecule has 108 valence electrons. The lowest BCUT2D eigenvalue weighted by Crippen LogP contribution is -2.59. The molecule has 0 aliphatic heterocycles. The van der Waals surface area contributed by atoms with Gasteiger partial charge in [0.15, 0.2) is 0 Å². The van der Waals surface area contributed by atoms with E-state index < -0.39 is 0 Å². The number of nitrogens with one attached hydrogen (secondary N) is 1. The van der Waals surface area contributed by atoms with Gasteiger partial charge in [-0.3, -0.25) is 9.59 Å². The fourth-order valence-corrected chi connectivity index (χ4v) is 3.76. The molecule has 1 amide bonds. The molecule has 3 fully saturated rings. The summed E-state index contributed by atoms with van der Waals surface area (Å²) < 4.78 is 0. The van der Waals surface area contributed by atoms with Gasteiger partial charge in [0.25, 0.3) is 0 Å². The number of amides is 1. The second-order valence-electron chi connectivity index (χ2n) is 7.22. The Morgan fingerprint density at radius 1 is 0.842 bits per heavy atom. The van der Waals surface area contributed by atoms with Crippen molar-refractivity contribution in [3.63, 3.8) is 0 Å². The van der Waals surface area contributed by atoms with Gasteiger partial charge in [0.1, 0.15) is 5.78 Å². The Hall–Kier alpha value is -0.860. The molecule has 3 nitrogen and oxygen atoms in total. The average Bonchev–Trinajstić information content (AvgIpc) is 2.39. The standard InChI is InChI=1S/C16H27NO2/c1-11(2)13(18)15-5-8-16(9-6-15,10-7-15)17-14(19)12(3)4/h11-12H,5-10H2,1-4H3,(H,17,19). The van der Waals surface area contributed by atoms with Gasteiger partial charge in [0.2, 0.25) is 5.91 Å². The van der Waals surface area contributed by atoms with Crippen LogP contribution in [0.4, 0.5) is 0 Å². The molecule has 1 N–H and O–H groups in total. The molecule has 0 aromatic heterocycles. The average molecular weight is 265 g/mol. The summed E-state index contributed by atoms with van der Waals surface area (Å²) in [7, 11) is 0. The van der Waals surface area contributed by atoms with Crippen molar-refractivity contribution in [2.45, 2.75) is 71.8 Å². The first-order chi connectivity index (χ1) is 8.80.